The highest BCUT2D eigenvalue weighted by Crippen LogP contribution is 2.57. The molecule has 0 unspecified atom stereocenters. The first-order chi connectivity index (χ1) is 12.3. The van der Waals surface area contributed by atoms with Crippen LogP contribution in [0.2, 0.25) is 0 Å². The van der Waals surface area contributed by atoms with Gasteiger partial charge in [-0.15, -0.1) is 0 Å². The summed E-state index contributed by atoms with van der Waals surface area (Å²) in [6.45, 7) is 2.09. The summed E-state index contributed by atoms with van der Waals surface area (Å²) in [5.41, 5.74) is 0. The van der Waals surface area contributed by atoms with E-state index in [0.29, 0.717) is 12.2 Å². The summed E-state index contributed by atoms with van der Waals surface area (Å²) >= 11 is 0. The van der Waals surface area contributed by atoms with Gasteiger partial charge in [-0.1, -0.05) is 61.5 Å². The zero-order valence-electron chi connectivity index (χ0n) is 14.5. The van der Waals surface area contributed by atoms with Gasteiger partial charge < -0.3 is 5.11 Å². The molecule has 0 saturated carbocycles. The zero-order valence-corrected chi connectivity index (χ0v) is 15.4. The van der Waals surface area contributed by atoms with Crippen LogP contribution in [0.1, 0.15) is 19.8 Å². The van der Waals surface area contributed by atoms with Crippen LogP contribution in [-0.4, -0.2) is 5.11 Å². The normalized spacial score (nSPS) is 12.1. The van der Waals surface area contributed by atoms with E-state index < -0.39 is 7.26 Å². The molecule has 1 nitrogen and oxygen atoms in total. The number of hydrogen-bond donors (Lipinski definition) is 1. The van der Waals surface area contributed by atoms with Gasteiger partial charge in [0.2, 0.25) is 0 Å². The molecule has 3 aromatic rings. The molecule has 0 aliphatic heterocycles. The lowest BCUT2D eigenvalue weighted by Crippen LogP contribution is -2.29. The van der Waals surface area contributed by atoms with Crippen molar-refractivity contribution in [2.24, 2.45) is 0 Å². The van der Waals surface area contributed by atoms with Crippen molar-refractivity contribution in [3.05, 3.63) is 103 Å². The quantitative estimate of drug-likeness (QED) is 0.481. The minimum absolute atomic E-state index is 0.479. The van der Waals surface area contributed by atoms with Crippen molar-refractivity contribution in [1.82, 2.24) is 0 Å². The third kappa shape index (κ3) is 3.67. The highest BCUT2D eigenvalue weighted by Gasteiger charge is 2.44. The second-order valence-electron chi connectivity index (χ2n) is 6.10. The molecule has 0 saturated heterocycles. The predicted molar refractivity (Wildman–Crippen MR) is 111 cm³/mol. The molecular formula is C23H24OP+. The smallest absolute Gasteiger partial charge is 0.140 e. The average molecular weight is 347 g/mol. The van der Waals surface area contributed by atoms with Gasteiger partial charge in [0.25, 0.3) is 0 Å². The number of benzene rings is 3. The second kappa shape index (κ2) is 8.14. The molecule has 126 valence electrons. The van der Waals surface area contributed by atoms with Crippen molar-refractivity contribution in [3.8, 4) is 0 Å². The summed E-state index contributed by atoms with van der Waals surface area (Å²) in [5, 5.41) is 14.4. The molecule has 0 radical (unpaired) electrons. The molecule has 0 aromatic heterocycles. The molecule has 0 atom stereocenters. The molecule has 0 amide bonds. The molecule has 0 aliphatic rings. The Balaban J connectivity index is 2.34. The molecule has 3 aromatic carbocycles. The van der Waals surface area contributed by atoms with E-state index in [1.165, 1.54) is 15.9 Å². The number of hydrogen-bond acceptors (Lipinski definition) is 1. The van der Waals surface area contributed by atoms with Gasteiger partial charge in [0.1, 0.15) is 34.8 Å². The van der Waals surface area contributed by atoms with Crippen LogP contribution in [0.3, 0.4) is 0 Å². The van der Waals surface area contributed by atoms with Crippen LogP contribution in [0.5, 0.6) is 0 Å². The van der Waals surface area contributed by atoms with Crippen molar-refractivity contribution in [2.75, 3.05) is 0 Å². The Morgan fingerprint density at radius 2 is 1.08 bits per heavy atom. The summed E-state index contributed by atoms with van der Waals surface area (Å²) < 4.78 is 0. The first-order valence-corrected chi connectivity index (χ1v) is 10.6. The molecule has 3 rings (SSSR count). The number of aliphatic hydroxyl groups is 1. The molecule has 0 fully saturated rings. The van der Waals surface area contributed by atoms with Crippen LogP contribution >= 0.6 is 7.26 Å². The van der Waals surface area contributed by atoms with Crippen molar-refractivity contribution in [1.29, 1.82) is 0 Å². The SMILES string of the molecule is CCC/C(O)=C/[P+](c1ccccc1)(c1ccccc1)c1ccccc1. The predicted octanol–water partition coefficient (Wildman–Crippen LogP) is 5.18. The third-order valence-electron chi connectivity index (χ3n) is 4.34. The molecule has 0 bridgehead atoms. The Morgan fingerprint density at radius 3 is 1.40 bits per heavy atom. The van der Waals surface area contributed by atoms with Gasteiger partial charge in [-0.3, -0.25) is 0 Å². The number of rotatable bonds is 6. The summed E-state index contributed by atoms with van der Waals surface area (Å²) in [5.74, 6) is 2.61. The Bertz CT molecular complexity index is 714. The van der Waals surface area contributed by atoms with Gasteiger partial charge in [-0.2, -0.15) is 0 Å². The standard InChI is InChI=1S/C23H23OP/c1-2-12-20(24)19-25(21-13-6-3-7-14-21,22-15-8-4-9-16-22)23-17-10-5-11-18-23/h3-11,13-19H,2,12H2,1H3/p+1/b20-19-. The maximum atomic E-state index is 10.7. The van der Waals surface area contributed by atoms with Crippen LogP contribution in [0.25, 0.3) is 0 Å². The fraction of sp³-hybridized carbons (Fsp3) is 0.130. The lowest BCUT2D eigenvalue weighted by atomic mass is 10.3. The van der Waals surface area contributed by atoms with Crippen molar-refractivity contribution in [3.63, 3.8) is 0 Å². The Kier molecular flexibility index (Phi) is 5.68. The van der Waals surface area contributed by atoms with Gasteiger partial charge in [0.15, 0.2) is 0 Å². The Hall–Kier alpha value is -2.37. The van der Waals surface area contributed by atoms with Crippen LogP contribution in [0, 0.1) is 0 Å². The Labute approximate surface area is 151 Å². The summed E-state index contributed by atoms with van der Waals surface area (Å²) in [4.78, 5) is 0. The van der Waals surface area contributed by atoms with E-state index >= 15 is 0 Å². The van der Waals surface area contributed by atoms with E-state index in [9.17, 15) is 5.11 Å². The van der Waals surface area contributed by atoms with Crippen molar-refractivity contribution in [2.45, 2.75) is 19.8 Å². The van der Waals surface area contributed by atoms with Gasteiger partial charge in [0, 0.05) is 6.42 Å². The van der Waals surface area contributed by atoms with Crippen molar-refractivity contribution < 1.29 is 5.11 Å². The van der Waals surface area contributed by atoms with E-state index in [1.807, 2.05) is 18.2 Å². The molecule has 0 spiro atoms. The van der Waals surface area contributed by atoms with Crippen molar-refractivity contribution >= 4 is 23.2 Å². The topological polar surface area (TPSA) is 20.2 Å². The van der Waals surface area contributed by atoms with E-state index in [-0.39, 0.29) is 0 Å². The van der Waals surface area contributed by atoms with E-state index in [1.54, 1.807) is 0 Å². The lowest BCUT2D eigenvalue weighted by molar-refractivity contribution is 0.388. The molecule has 2 heteroatoms. The largest absolute Gasteiger partial charge is 0.509 e. The van der Waals surface area contributed by atoms with E-state index in [4.69, 9.17) is 0 Å². The fourth-order valence-electron chi connectivity index (χ4n) is 3.20. The summed E-state index contributed by atoms with van der Waals surface area (Å²) in [7, 11) is -2.05. The number of allylic oxidation sites excluding steroid dienone is 1. The van der Waals surface area contributed by atoms with E-state index in [2.05, 4.69) is 85.5 Å². The molecule has 0 aliphatic carbocycles. The molecule has 25 heavy (non-hydrogen) atoms. The fourth-order valence-corrected chi connectivity index (χ4v) is 7.05. The summed E-state index contributed by atoms with van der Waals surface area (Å²) in [6.07, 6.45) is 1.63. The van der Waals surface area contributed by atoms with E-state index in [0.717, 1.165) is 6.42 Å². The lowest BCUT2D eigenvalue weighted by Gasteiger charge is -2.24. The second-order valence-corrected chi connectivity index (χ2v) is 9.35. The van der Waals surface area contributed by atoms with Crippen LogP contribution in [0.4, 0.5) is 0 Å². The molecular weight excluding hydrogens is 323 g/mol. The number of aliphatic hydroxyl groups excluding tert-OH is 1. The maximum Gasteiger partial charge on any atom is 0.140 e. The first kappa shape index (κ1) is 17.5. The third-order valence-corrected chi connectivity index (χ3v) is 8.36. The van der Waals surface area contributed by atoms with Gasteiger partial charge in [-0.05, 0) is 42.8 Å². The molecule has 0 heterocycles. The monoisotopic (exact) mass is 347 g/mol. The highest BCUT2D eigenvalue weighted by molar-refractivity contribution is 7.98. The molecule has 1 N–H and O–H groups in total. The Morgan fingerprint density at radius 1 is 0.720 bits per heavy atom. The van der Waals surface area contributed by atoms with Gasteiger partial charge >= 0.3 is 0 Å². The maximum absolute atomic E-state index is 10.7. The zero-order chi connectivity index (χ0) is 17.5. The van der Waals surface area contributed by atoms with Gasteiger partial charge in [0.05, 0.1) is 0 Å². The highest BCUT2D eigenvalue weighted by atomic mass is 31.2. The average Bonchev–Trinajstić information content (AvgIpc) is 2.68. The summed E-state index contributed by atoms with van der Waals surface area (Å²) in [6, 6.07) is 31.7. The van der Waals surface area contributed by atoms with Crippen LogP contribution in [-0.2, 0) is 0 Å². The minimum Gasteiger partial charge on any atom is -0.509 e. The first-order valence-electron chi connectivity index (χ1n) is 8.73. The van der Waals surface area contributed by atoms with Crippen LogP contribution < -0.4 is 15.9 Å². The van der Waals surface area contributed by atoms with Gasteiger partial charge in [-0.25, -0.2) is 0 Å². The van der Waals surface area contributed by atoms with Crippen LogP contribution in [0.15, 0.2) is 103 Å². The minimum atomic E-state index is -2.05.